The summed E-state index contributed by atoms with van der Waals surface area (Å²) in [7, 11) is 1.14. The zero-order valence-corrected chi connectivity index (χ0v) is 18.3. The van der Waals surface area contributed by atoms with Gasteiger partial charge in [-0.15, -0.1) is 0 Å². The van der Waals surface area contributed by atoms with E-state index in [0.29, 0.717) is 0 Å². The number of nitriles is 1. The molecule has 0 aliphatic rings. The smallest absolute Gasteiger partial charge is 0.420 e. The Bertz CT molecular complexity index is 1010. The van der Waals surface area contributed by atoms with E-state index in [9.17, 15) is 14.4 Å². The molecule has 1 amide bonds. The number of carbonyl (C=O) groups excluding carboxylic acids is 3. The Morgan fingerprint density at radius 2 is 1.74 bits per heavy atom. The quantitative estimate of drug-likeness (QED) is 0.406. The first-order valence-corrected chi connectivity index (χ1v) is 9.75. The Hall–Kier alpha value is -2.99. The van der Waals surface area contributed by atoms with Crippen molar-refractivity contribution in [1.82, 2.24) is 0 Å². The summed E-state index contributed by atoms with van der Waals surface area (Å²) >= 11 is 18.0. The van der Waals surface area contributed by atoms with Crippen molar-refractivity contribution in [3.8, 4) is 11.8 Å². The highest BCUT2D eigenvalue weighted by Crippen LogP contribution is 2.36. The van der Waals surface area contributed by atoms with Crippen LogP contribution in [-0.4, -0.2) is 38.3 Å². The van der Waals surface area contributed by atoms with Crippen molar-refractivity contribution in [2.24, 2.45) is 0 Å². The van der Waals surface area contributed by atoms with Crippen molar-refractivity contribution in [2.45, 2.75) is 6.42 Å². The molecule has 2 aromatic carbocycles. The molecule has 2 aromatic rings. The van der Waals surface area contributed by atoms with Crippen molar-refractivity contribution >= 4 is 58.5 Å². The summed E-state index contributed by atoms with van der Waals surface area (Å²) in [5.41, 5.74) is -0.0179. The fourth-order valence-corrected chi connectivity index (χ4v) is 3.25. The number of halogens is 3. The van der Waals surface area contributed by atoms with Crippen LogP contribution in [0, 0.1) is 11.3 Å². The van der Waals surface area contributed by atoms with Gasteiger partial charge in [-0.05, 0) is 24.3 Å². The van der Waals surface area contributed by atoms with Crippen molar-refractivity contribution in [3.05, 3.63) is 57.0 Å². The van der Waals surface area contributed by atoms with Gasteiger partial charge in [0, 0.05) is 5.02 Å². The maximum Gasteiger partial charge on any atom is 0.420 e. The lowest BCUT2D eigenvalue weighted by molar-refractivity contribution is -0.138. The van der Waals surface area contributed by atoms with Gasteiger partial charge in [-0.1, -0.05) is 46.9 Å². The third-order valence-electron chi connectivity index (χ3n) is 3.75. The third kappa shape index (κ3) is 6.49. The summed E-state index contributed by atoms with van der Waals surface area (Å²) in [5.74, 6) is -1.75. The third-order valence-corrected chi connectivity index (χ3v) is 4.53. The van der Waals surface area contributed by atoms with Crippen molar-refractivity contribution in [1.29, 1.82) is 5.26 Å². The van der Waals surface area contributed by atoms with Gasteiger partial charge in [0.05, 0.1) is 40.9 Å². The average molecular weight is 486 g/mol. The van der Waals surface area contributed by atoms with Gasteiger partial charge in [0.1, 0.15) is 13.2 Å². The van der Waals surface area contributed by atoms with E-state index in [2.05, 4.69) is 4.74 Å². The van der Waals surface area contributed by atoms with Crippen LogP contribution in [0.15, 0.2) is 36.4 Å². The molecule has 0 N–H and O–H groups in total. The lowest BCUT2D eigenvalue weighted by atomic mass is 10.1. The number of carbonyl (C=O) groups is 3. The monoisotopic (exact) mass is 484 g/mol. The molecule has 0 unspecified atom stereocenters. The molecule has 0 aliphatic carbocycles. The number of esters is 2. The molecule has 0 bridgehead atoms. The molecule has 0 saturated carbocycles. The Balaban J connectivity index is 2.42. The number of methoxy groups -OCH3 is 1. The van der Waals surface area contributed by atoms with E-state index in [1.807, 2.05) is 6.07 Å². The molecular formula is C20H15Cl3N2O6. The molecular weight excluding hydrogens is 471 g/mol. The molecule has 162 valence electrons. The molecule has 0 atom stereocenters. The number of hydrogen-bond donors (Lipinski definition) is 0. The second-order valence-corrected chi connectivity index (χ2v) is 7.04. The summed E-state index contributed by atoms with van der Waals surface area (Å²) in [6, 6.07) is 10.4. The first-order chi connectivity index (χ1) is 14.8. The standard InChI is InChI=1S/C20H15Cl3N2O6/c1-29-17(26)11-25(20(28)31-18-14(22)9-12(21)10-15(18)23)16-6-3-2-5-13(16)19(27)30-8-4-7-24/h2-3,5-6,9-10H,4,8,11H2,1H3. The summed E-state index contributed by atoms with van der Waals surface area (Å²) < 4.78 is 14.9. The fraction of sp³-hybridized carbons (Fsp3) is 0.200. The van der Waals surface area contributed by atoms with Gasteiger partial charge < -0.3 is 14.2 Å². The molecule has 0 spiro atoms. The van der Waals surface area contributed by atoms with Gasteiger partial charge in [0.15, 0.2) is 5.75 Å². The van der Waals surface area contributed by atoms with Crippen LogP contribution in [-0.2, 0) is 14.3 Å². The number of ether oxygens (including phenoxy) is 3. The van der Waals surface area contributed by atoms with Crippen molar-refractivity contribution in [2.75, 3.05) is 25.2 Å². The minimum atomic E-state index is -1.06. The van der Waals surface area contributed by atoms with E-state index >= 15 is 0 Å². The molecule has 0 saturated heterocycles. The number of hydrogen-bond acceptors (Lipinski definition) is 7. The van der Waals surface area contributed by atoms with Crippen LogP contribution in [0.5, 0.6) is 5.75 Å². The predicted molar refractivity (Wildman–Crippen MR) is 114 cm³/mol. The van der Waals surface area contributed by atoms with Gasteiger partial charge in [0.25, 0.3) is 0 Å². The Morgan fingerprint density at radius 3 is 2.35 bits per heavy atom. The summed E-state index contributed by atoms with van der Waals surface area (Å²) in [6.45, 7) is -0.720. The van der Waals surface area contributed by atoms with Gasteiger partial charge in [-0.2, -0.15) is 5.26 Å². The van der Waals surface area contributed by atoms with Crippen LogP contribution in [0.25, 0.3) is 0 Å². The lowest BCUT2D eigenvalue weighted by Gasteiger charge is -2.23. The van der Waals surface area contributed by atoms with E-state index in [4.69, 9.17) is 49.5 Å². The normalized spacial score (nSPS) is 10.0. The van der Waals surface area contributed by atoms with E-state index in [1.165, 1.54) is 24.3 Å². The zero-order chi connectivity index (χ0) is 23.0. The highest BCUT2D eigenvalue weighted by Gasteiger charge is 2.28. The lowest BCUT2D eigenvalue weighted by Crippen LogP contribution is -2.39. The van der Waals surface area contributed by atoms with Crippen LogP contribution < -0.4 is 9.64 Å². The van der Waals surface area contributed by atoms with Gasteiger partial charge in [-0.3, -0.25) is 9.69 Å². The first kappa shape index (κ1) is 24.3. The number of para-hydroxylation sites is 1. The minimum Gasteiger partial charge on any atom is -0.468 e. The average Bonchev–Trinajstić information content (AvgIpc) is 2.74. The van der Waals surface area contributed by atoms with Crippen molar-refractivity contribution < 1.29 is 28.6 Å². The number of anilines is 1. The second-order valence-electron chi connectivity index (χ2n) is 5.79. The largest absolute Gasteiger partial charge is 0.468 e. The van der Waals surface area contributed by atoms with Crippen molar-refractivity contribution in [3.63, 3.8) is 0 Å². The van der Waals surface area contributed by atoms with E-state index in [0.717, 1.165) is 12.0 Å². The summed E-state index contributed by atoms with van der Waals surface area (Å²) in [4.78, 5) is 38.2. The van der Waals surface area contributed by atoms with Crippen LogP contribution >= 0.6 is 34.8 Å². The van der Waals surface area contributed by atoms with E-state index in [-0.39, 0.29) is 45.1 Å². The Labute approximate surface area is 192 Å². The number of nitrogens with zero attached hydrogens (tertiary/aromatic N) is 2. The number of amides is 1. The second kappa shape index (κ2) is 11.4. The minimum absolute atomic E-state index is 0.00457. The van der Waals surface area contributed by atoms with E-state index in [1.54, 1.807) is 12.1 Å². The predicted octanol–water partition coefficient (Wildman–Crippen LogP) is 4.90. The maximum absolute atomic E-state index is 12.9. The van der Waals surface area contributed by atoms with Gasteiger partial charge in [0.2, 0.25) is 0 Å². The van der Waals surface area contributed by atoms with Crippen LogP contribution in [0.2, 0.25) is 15.1 Å². The van der Waals surface area contributed by atoms with Crippen LogP contribution in [0.1, 0.15) is 16.8 Å². The summed E-state index contributed by atoms with van der Waals surface area (Å²) in [6.07, 6.45) is -1.07. The molecule has 8 nitrogen and oxygen atoms in total. The SMILES string of the molecule is COC(=O)CN(C(=O)Oc1c(Cl)cc(Cl)cc1Cl)c1ccccc1C(=O)OCCC#N. The maximum atomic E-state index is 12.9. The molecule has 31 heavy (non-hydrogen) atoms. The van der Waals surface area contributed by atoms with Gasteiger partial charge >= 0.3 is 18.0 Å². The summed E-state index contributed by atoms with van der Waals surface area (Å²) in [5, 5.41) is 8.76. The molecule has 2 rings (SSSR count). The van der Waals surface area contributed by atoms with Crippen LogP contribution in [0.3, 0.4) is 0 Å². The van der Waals surface area contributed by atoms with E-state index < -0.39 is 24.6 Å². The highest BCUT2D eigenvalue weighted by atomic mass is 35.5. The molecule has 0 aliphatic heterocycles. The molecule has 11 heteroatoms. The van der Waals surface area contributed by atoms with Crippen LogP contribution in [0.4, 0.5) is 10.5 Å². The topological polar surface area (TPSA) is 106 Å². The number of rotatable bonds is 7. The Morgan fingerprint density at radius 1 is 1.10 bits per heavy atom. The number of benzene rings is 2. The Kier molecular flexibility index (Phi) is 8.94. The zero-order valence-electron chi connectivity index (χ0n) is 16.1. The molecule has 0 radical (unpaired) electrons. The highest BCUT2D eigenvalue weighted by molar-refractivity contribution is 6.40. The molecule has 0 fully saturated rings. The fourth-order valence-electron chi connectivity index (χ4n) is 2.36. The molecule has 0 aromatic heterocycles. The van der Waals surface area contributed by atoms with Gasteiger partial charge in [-0.25, -0.2) is 9.59 Å². The first-order valence-electron chi connectivity index (χ1n) is 8.62. The molecule has 0 heterocycles.